The van der Waals surface area contributed by atoms with E-state index in [1.807, 2.05) is 0 Å². The van der Waals surface area contributed by atoms with Gasteiger partial charge in [-0.15, -0.1) is 0 Å². The van der Waals surface area contributed by atoms with Crippen molar-refractivity contribution in [3.63, 3.8) is 0 Å². The van der Waals surface area contributed by atoms with Gasteiger partial charge < -0.3 is 10.6 Å². The molecule has 0 saturated carbocycles. The fourth-order valence-corrected chi connectivity index (χ4v) is 1.91. The third-order valence-corrected chi connectivity index (χ3v) is 2.86. The van der Waals surface area contributed by atoms with Crippen molar-refractivity contribution in [2.24, 2.45) is 0 Å². The number of nitrogens with one attached hydrogen (secondary N) is 3. The van der Waals surface area contributed by atoms with Crippen molar-refractivity contribution in [1.82, 2.24) is 10.6 Å². The highest BCUT2D eigenvalue weighted by molar-refractivity contribution is 6.30. The number of rotatable bonds is 2. The number of hydrogen-bond acceptors (Lipinski definition) is 3. The Morgan fingerprint density at radius 2 is 2.16 bits per heavy atom. The largest absolute Gasteiger partial charge is 0.326 e. The van der Waals surface area contributed by atoms with Gasteiger partial charge in [0.1, 0.15) is 6.04 Å². The lowest BCUT2D eigenvalue weighted by Gasteiger charge is -2.21. The predicted molar refractivity (Wildman–Crippen MR) is 69.8 cm³/mol. The molecule has 3 N–H and O–H groups in total. The summed E-state index contributed by atoms with van der Waals surface area (Å²) in [6.07, 6.45) is 0.515. The van der Waals surface area contributed by atoms with Crippen molar-refractivity contribution < 1.29 is 14.4 Å². The van der Waals surface area contributed by atoms with E-state index in [0.717, 1.165) is 0 Å². The molecule has 1 aromatic rings. The van der Waals surface area contributed by atoms with Crippen LogP contribution in [0.2, 0.25) is 5.02 Å². The van der Waals surface area contributed by atoms with E-state index in [-0.39, 0.29) is 12.3 Å². The fourth-order valence-electron chi connectivity index (χ4n) is 1.72. The van der Waals surface area contributed by atoms with E-state index in [1.165, 1.54) is 0 Å². The topological polar surface area (TPSA) is 87.3 Å². The standard InChI is InChI=1S/C12H12ClN3O3/c13-7-2-1-3-8(6-7)14-12(19)15-9-4-5-10(17)16-11(9)18/h1-3,6,9H,4-5H2,(H2,14,15,19)(H,16,17,18). The van der Waals surface area contributed by atoms with Crippen molar-refractivity contribution in [2.45, 2.75) is 18.9 Å². The van der Waals surface area contributed by atoms with Gasteiger partial charge >= 0.3 is 6.03 Å². The quantitative estimate of drug-likeness (QED) is 0.713. The van der Waals surface area contributed by atoms with Gasteiger partial charge in [-0.25, -0.2) is 4.79 Å². The van der Waals surface area contributed by atoms with Gasteiger partial charge in [-0.2, -0.15) is 0 Å². The molecule has 1 aliphatic rings. The van der Waals surface area contributed by atoms with Crippen molar-refractivity contribution in [2.75, 3.05) is 5.32 Å². The number of anilines is 1. The van der Waals surface area contributed by atoms with Gasteiger partial charge in [0, 0.05) is 17.1 Å². The number of hydrogen-bond donors (Lipinski definition) is 3. The van der Waals surface area contributed by atoms with Crippen LogP contribution >= 0.6 is 11.6 Å². The van der Waals surface area contributed by atoms with Crippen LogP contribution in [0.3, 0.4) is 0 Å². The van der Waals surface area contributed by atoms with Gasteiger partial charge in [-0.3, -0.25) is 14.9 Å². The number of halogens is 1. The minimum atomic E-state index is -0.697. The molecule has 1 aromatic carbocycles. The molecule has 1 heterocycles. The molecule has 0 bridgehead atoms. The van der Waals surface area contributed by atoms with E-state index in [2.05, 4.69) is 16.0 Å². The van der Waals surface area contributed by atoms with Crippen molar-refractivity contribution in [3.8, 4) is 0 Å². The molecule has 6 nitrogen and oxygen atoms in total. The molecule has 7 heteroatoms. The Morgan fingerprint density at radius 3 is 2.84 bits per heavy atom. The molecule has 1 atom stereocenters. The summed E-state index contributed by atoms with van der Waals surface area (Å²) in [5, 5.41) is 7.73. The molecule has 19 heavy (non-hydrogen) atoms. The van der Waals surface area contributed by atoms with Crippen LogP contribution in [0.1, 0.15) is 12.8 Å². The van der Waals surface area contributed by atoms with Gasteiger partial charge in [0.05, 0.1) is 0 Å². The third kappa shape index (κ3) is 3.69. The first-order valence-corrected chi connectivity index (χ1v) is 6.09. The second-order valence-corrected chi connectivity index (χ2v) is 4.55. The highest BCUT2D eigenvalue weighted by Crippen LogP contribution is 2.14. The smallest absolute Gasteiger partial charge is 0.319 e. The van der Waals surface area contributed by atoms with E-state index in [1.54, 1.807) is 24.3 Å². The summed E-state index contributed by atoms with van der Waals surface area (Å²) >= 11 is 5.79. The van der Waals surface area contributed by atoms with Crippen LogP contribution in [0.4, 0.5) is 10.5 Å². The van der Waals surface area contributed by atoms with E-state index in [9.17, 15) is 14.4 Å². The van der Waals surface area contributed by atoms with Crippen molar-refractivity contribution in [3.05, 3.63) is 29.3 Å². The molecule has 0 aromatic heterocycles. The van der Waals surface area contributed by atoms with Crippen molar-refractivity contribution >= 4 is 35.1 Å². The average molecular weight is 282 g/mol. The highest BCUT2D eigenvalue weighted by Gasteiger charge is 2.27. The number of carbonyl (C=O) groups is 3. The van der Waals surface area contributed by atoms with Crippen molar-refractivity contribution in [1.29, 1.82) is 0 Å². The third-order valence-electron chi connectivity index (χ3n) is 2.63. The number of piperidine rings is 1. The Morgan fingerprint density at radius 1 is 1.37 bits per heavy atom. The first-order chi connectivity index (χ1) is 9.04. The van der Waals surface area contributed by atoms with Gasteiger partial charge in [0.15, 0.2) is 0 Å². The van der Waals surface area contributed by atoms with E-state index < -0.39 is 18.0 Å². The van der Waals surface area contributed by atoms with Crippen LogP contribution < -0.4 is 16.0 Å². The zero-order chi connectivity index (χ0) is 13.8. The maximum absolute atomic E-state index is 11.7. The number of urea groups is 1. The number of amides is 4. The summed E-state index contributed by atoms with van der Waals surface area (Å²) in [4.78, 5) is 34.1. The monoisotopic (exact) mass is 281 g/mol. The first-order valence-electron chi connectivity index (χ1n) is 5.71. The molecule has 0 aliphatic carbocycles. The maximum atomic E-state index is 11.7. The molecular formula is C12H12ClN3O3. The Kier molecular flexibility index (Phi) is 4.01. The number of imide groups is 1. The summed E-state index contributed by atoms with van der Waals surface area (Å²) in [7, 11) is 0. The summed E-state index contributed by atoms with van der Waals surface area (Å²) in [6, 6.07) is 5.43. The fraction of sp³-hybridized carbons (Fsp3) is 0.250. The molecular weight excluding hydrogens is 270 g/mol. The maximum Gasteiger partial charge on any atom is 0.319 e. The zero-order valence-corrected chi connectivity index (χ0v) is 10.7. The molecule has 4 amide bonds. The second kappa shape index (κ2) is 5.71. The summed E-state index contributed by atoms with van der Waals surface area (Å²) in [6.45, 7) is 0. The lowest BCUT2D eigenvalue weighted by atomic mass is 10.1. The van der Waals surface area contributed by atoms with E-state index in [0.29, 0.717) is 17.1 Å². The average Bonchev–Trinajstić information content (AvgIpc) is 2.33. The van der Waals surface area contributed by atoms with Crippen LogP contribution in [0, 0.1) is 0 Å². The molecule has 100 valence electrons. The van der Waals surface area contributed by atoms with Crippen LogP contribution in [-0.2, 0) is 9.59 Å². The highest BCUT2D eigenvalue weighted by atomic mass is 35.5. The Hall–Kier alpha value is -2.08. The van der Waals surface area contributed by atoms with Crippen LogP contribution in [0.5, 0.6) is 0 Å². The van der Waals surface area contributed by atoms with Crippen LogP contribution in [-0.4, -0.2) is 23.9 Å². The number of carbonyl (C=O) groups excluding carboxylic acids is 3. The Labute approximate surface area is 114 Å². The minimum absolute atomic E-state index is 0.216. The summed E-state index contributed by atoms with van der Waals surface area (Å²) in [5.41, 5.74) is 0.525. The van der Waals surface area contributed by atoms with Gasteiger partial charge in [0.2, 0.25) is 11.8 Å². The Bertz CT molecular complexity index is 533. The summed E-state index contributed by atoms with van der Waals surface area (Å²) in [5.74, 6) is -0.809. The predicted octanol–water partition coefficient (Wildman–Crippen LogP) is 1.27. The molecule has 0 spiro atoms. The van der Waals surface area contributed by atoms with Gasteiger partial charge in [-0.05, 0) is 24.6 Å². The zero-order valence-electron chi connectivity index (χ0n) is 9.90. The molecule has 1 saturated heterocycles. The molecule has 1 fully saturated rings. The molecule has 2 rings (SSSR count). The minimum Gasteiger partial charge on any atom is -0.326 e. The van der Waals surface area contributed by atoms with Gasteiger partial charge in [-0.1, -0.05) is 17.7 Å². The van der Waals surface area contributed by atoms with Crippen LogP contribution in [0.15, 0.2) is 24.3 Å². The Balaban J connectivity index is 1.91. The number of benzene rings is 1. The van der Waals surface area contributed by atoms with Gasteiger partial charge in [0.25, 0.3) is 0 Å². The molecule has 1 aliphatic heterocycles. The van der Waals surface area contributed by atoms with E-state index >= 15 is 0 Å². The molecule has 0 radical (unpaired) electrons. The second-order valence-electron chi connectivity index (χ2n) is 4.11. The SMILES string of the molecule is O=C1CCC(NC(=O)Nc2cccc(Cl)c2)C(=O)N1. The van der Waals surface area contributed by atoms with Crippen LogP contribution in [0.25, 0.3) is 0 Å². The lowest BCUT2D eigenvalue weighted by molar-refractivity contribution is -0.134. The first kappa shape index (κ1) is 13.4. The molecule has 1 unspecified atom stereocenters. The summed E-state index contributed by atoms with van der Waals surface area (Å²) < 4.78 is 0. The lowest BCUT2D eigenvalue weighted by Crippen LogP contribution is -2.53. The normalized spacial score (nSPS) is 18.7. The van der Waals surface area contributed by atoms with E-state index in [4.69, 9.17) is 11.6 Å².